The number of carbonyl (C=O) groups excluding carboxylic acids is 1. The molecule has 2 aliphatic rings. The lowest BCUT2D eigenvalue weighted by Crippen LogP contribution is -2.19. The van der Waals surface area contributed by atoms with Crippen LogP contribution in [0.5, 0.6) is 0 Å². The summed E-state index contributed by atoms with van der Waals surface area (Å²) in [7, 11) is 0. The number of nitrogens with one attached hydrogen (secondary N) is 2. The summed E-state index contributed by atoms with van der Waals surface area (Å²) in [5.41, 5.74) is 28.1. The van der Waals surface area contributed by atoms with Gasteiger partial charge in [0.25, 0.3) is 12.0 Å². The second kappa shape index (κ2) is 17.9. The van der Waals surface area contributed by atoms with Gasteiger partial charge in [0.2, 0.25) is 0 Å². The molecule has 352 valence electrons. The first-order valence-corrected chi connectivity index (χ1v) is 23.6. The van der Waals surface area contributed by atoms with Crippen LogP contribution < -0.4 is 22.1 Å². The zero-order valence-electron chi connectivity index (χ0n) is 39.5. The molecule has 17 heteroatoms. The van der Waals surface area contributed by atoms with Crippen molar-refractivity contribution in [3.05, 3.63) is 120 Å². The van der Waals surface area contributed by atoms with Crippen LogP contribution in [-0.2, 0) is 4.79 Å². The molecule has 6 N–H and O–H groups in total. The minimum absolute atomic E-state index is 0.116. The number of nitrogens with two attached hydrogens (primary N) is 2. The smallest absolute Gasteiger partial charge is 0.300 e. The number of aryl methyl sites for hydroxylation is 4. The molecule has 0 aliphatic heterocycles. The van der Waals surface area contributed by atoms with Crippen molar-refractivity contribution >= 4 is 85.1 Å². The minimum Gasteiger partial charge on any atom is -0.423 e. The van der Waals surface area contributed by atoms with Crippen LogP contribution in [0.3, 0.4) is 0 Å². The highest BCUT2D eigenvalue weighted by molar-refractivity contribution is 5.99. The van der Waals surface area contributed by atoms with Gasteiger partial charge in [-0.3, -0.25) is 4.79 Å². The Morgan fingerprint density at radius 3 is 1.43 bits per heavy atom. The molecule has 0 spiro atoms. The first kappa shape index (κ1) is 44.1. The summed E-state index contributed by atoms with van der Waals surface area (Å²) in [5, 5.41) is 17.9. The Morgan fingerprint density at radius 1 is 0.586 bits per heavy atom. The summed E-state index contributed by atoms with van der Waals surface area (Å²) in [6, 6.07) is 25.4. The summed E-state index contributed by atoms with van der Waals surface area (Å²) in [5.74, 6) is 1.14. The van der Waals surface area contributed by atoms with Crippen LogP contribution in [0, 0.1) is 27.7 Å². The van der Waals surface area contributed by atoms with Crippen molar-refractivity contribution in [2.24, 2.45) is 0 Å². The second-order valence-electron chi connectivity index (χ2n) is 18.6. The molecule has 2 saturated carbocycles. The maximum absolute atomic E-state index is 11.7. The number of nitrogens with zero attached hydrogens (tertiary/aromatic N) is 10. The number of fused-ring (bicyclic) bond motifs is 4. The van der Waals surface area contributed by atoms with E-state index in [0.717, 1.165) is 133 Å². The highest BCUT2D eigenvalue weighted by atomic mass is 16.4. The third kappa shape index (κ3) is 8.43. The molecule has 4 aromatic carbocycles. The van der Waals surface area contributed by atoms with Crippen LogP contribution in [0.25, 0.3) is 66.8 Å². The molecule has 0 saturated heterocycles. The molecule has 2 fully saturated rings. The summed E-state index contributed by atoms with van der Waals surface area (Å²) in [4.78, 5) is 38.4. The molecule has 2 aliphatic carbocycles. The number of aromatic nitrogens is 10. The molecule has 10 aromatic rings. The number of anilines is 6. The highest BCUT2D eigenvalue weighted by Crippen LogP contribution is 2.39. The Balaban J connectivity index is 0.000000152. The van der Waals surface area contributed by atoms with Crippen molar-refractivity contribution in [2.75, 3.05) is 22.1 Å². The van der Waals surface area contributed by atoms with E-state index >= 15 is 0 Å². The van der Waals surface area contributed by atoms with E-state index in [2.05, 4.69) is 66.2 Å². The van der Waals surface area contributed by atoms with Crippen LogP contribution in [0.4, 0.5) is 35.0 Å². The van der Waals surface area contributed by atoms with Crippen molar-refractivity contribution in [1.82, 2.24) is 49.5 Å². The van der Waals surface area contributed by atoms with Gasteiger partial charge < -0.3 is 30.9 Å². The van der Waals surface area contributed by atoms with Gasteiger partial charge in [0, 0.05) is 35.3 Å². The van der Waals surface area contributed by atoms with E-state index in [1.165, 1.54) is 18.2 Å². The molecule has 0 atom stereocenters. The summed E-state index contributed by atoms with van der Waals surface area (Å²) < 4.78 is 15.8. The SMILES string of the molecule is C=C1CCC(n2nc(-c3ccc(Nc4nc5cc(C)cc(C)c5o4)cc3)c3c(N)ncnc32)CC1.Cc1cc(C)c2oc(Nc3ccc(-c4nn(C5CCC(=O)CC5)c5ncnc(N)c45)cc3)nc2c1. The van der Waals surface area contributed by atoms with Gasteiger partial charge in [-0.25, -0.2) is 29.3 Å². The largest absolute Gasteiger partial charge is 0.423 e. The van der Waals surface area contributed by atoms with Crippen molar-refractivity contribution < 1.29 is 13.6 Å². The topological polar surface area (TPSA) is 232 Å². The quantitative estimate of drug-likeness (QED) is 0.104. The lowest BCUT2D eigenvalue weighted by Gasteiger charge is -2.23. The number of oxazole rings is 2. The lowest BCUT2D eigenvalue weighted by atomic mass is 9.92. The molecular formula is C53H52N14O3. The standard InChI is InChI=1S/C27H27N7O.C26H25N7O2/c1-15-4-10-20(11-5-15)34-26-22(25(28)29-14-30-26)23(33-34)18-6-8-19(9-7-18)31-27-32-21-13-16(2)12-17(3)24(21)35-27;1-14-11-15(2)23-20(12-14)31-26(35-23)30-17-5-3-16(4-6-17)22-21-24(27)28-13-29-25(21)33(32-22)18-7-9-19(34)10-8-18/h6-9,12-14,20H,1,4-5,10-11H2,2-3H3,(H,31,32)(H2,28,29,30);3-6,11-13,18H,7-10H2,1-2H3,(H,30,31)(H2,27,28,29). The Bertz CT molecular complexity index is 3380. The Hall–Kier alpha value is -8.47. The number of hydrogen-bond donors (Lipinski definition) is 4. The number of ketones is 1. The molecular weight excluding hydrogens is 881 g/mol. The monoisotopic (exact) mass is 932 g/mol. The van der Waals surface area contributed by atoms with Gasteiger partial charge in [-0.2, -0.15) is 20.2 Å². The number of Topliss-reactive ketones (excluding diaryl/α,β-unsaturated/α-hetero) is 1. The molecule has 70 heavy (non-hydrogen) atoms. The molecule has 17 nitrogen and oxygen atoms in total. The molecule has 6 aromatic heterocycles. The summed E-state index contributed by atoms with van der Waals surface area (Å²) >= 11 is 0. The predicted octanol–water partition coefficient (Wildman–Crippen LogP) is 11.5. The van der Waals surface area contributed by atoms with Gasteiger partial charge in [0.15, 0.2) is 22.5 Å². The van der Waals surface area contributed by atoms with E-state index in [-0.39, 0.29) is 12.1 Å². The van der Waals surface area contributed by atoms with Crippen molar-refractivity contribution in [3.8, 4) is 22.5 Å². The van der Waals surface area contributed by atoms with Gasteiger partial charge in [-0.05, 0) is 125 Å². The van der Waals surface area contributed by atoms with E-state index < -0.39 is 0 Å². The van der Waals surface area contributed by atoms with E-state index in [9.17, 15) is 4.79 Å². The van der Waals surface area contributed by atoms with Crippen LogP contribution in [-0.4, -0.2) is 55.2 Å². The number of nitrogen functional groups attached to an aromatic ring is 2. The lowest BCUT2D eigenvalue weighted by molar-refractivity contribution is -0.120. The molecule has 0 amide bonds. The number of hydrogen-bond acceptors (Lipinski definition) is 15. The summed E-state index contributed by atoms with van der Waals surface area (Å²) in [6.45, 7) is 12.3. The van der Waals surface area contributed by atoms with Crippen LogP contribution >= 0.6 is 0 Å². The van der Waals surface area contributed by atoms with E-state index in [0.29, 0.717) is 47.9 Å². The number of benzene rings is 4. The van der Waals surface area contributed by atoms with E-state index in [1.807, 2.05) is 90.8 Å². The molecule has 0 unspecified atom stereocenters. The number of allylic oxidation sites excluding steroid dienone is 1. The van der Waals surface area contributed by atoms with Gasteiger partial charge >= 0.3 is 0 Å². The van der Waals surface area contributed by atoms with Crippen LogP contribution in [0.15, 0.2) is 106 Å². The number of carbonyl (C=O) groups is 1. The maximum atomic E-state index is 11.7. The van der Waals surface area contributed by atoms with Crippen LogP contribution in [0.1, 0.15) is 85.7 Å². The van der Waals surface area contributed by atoms with E-state index in [1.54, 1.807) is 0 Å². The van der Waals surface area contributed by atoms with Crippen molar-refractivity contribution in [2.45, 2.75) is 91.1 Å². The Morgan fingerprint density at radius 2 is 1.00 bits per heavy atom. The molecule has 12 rings (SSSR count). The van der Waals surface area contributed by atoms with E-state index in [4.69, 9.17) is 30.5 Å². The van der Waals surface area contributed by atoms with Crippen LogP contribution in [0.2, 0.25) is 0 Å². The fourth-order valence-corrected chi connectivity index (χ4v) is 9.86. The zero-order chi connectivity index (χ0) is 48.2. The average Bonchev–Trinajstić information content (AvgIpc) is 4.15. The van der Waals surface area contributed by atoms with Gasteiger partial charge in [0.05, 0.1) is 22.9 Å². The zero-order valence-corrected chi connectivity index (χ0v) is 39.5. The van der Waals surface area contributed by atoms with Gasteiger partial charge in [-0.15, -0.1) is 0 Å². The highest BCUT2D eigenvalue weighted by Gasteiger charge is 2.27. The molecule has 0 bridgehead atoms. The Labute approximate surface area is 402 Å². The number of rotatable bonds is 8. The fourth-order valence-electron chi connectivity index (χ4n) is 9.86. The third-order valence-electron chi connectivity index (χ3n) is 13.4. The first-order chi connectivity index (χ1) is 33.9. The summed E-state index contributed by atoms with van der Waals surface area (Å²) in [6.07, 6.45) is 9.65. The Kier molecular flexibility index (Phi) is 11.3. The predicted molar refractivity (Wildman–Crippen MR) is 273 cm³/mol. The first-order valence-electron chi connectivity index (χ1n) is 23.6. The van der Waals surface area contributed by atoms with Gasteiger partial charge in [0.1, 0.15) is 52.5 Å². The maximum Gasteiger partial charge on any atom is 0.300 e. The molecule has 6 heterocycles. The second-order valence-corrected chi connectivity index (χ2v) is 18.6. The minimum atomic E-state index is 0.116. The van der Waals surface area contributed by atoms with Gasteiger partial charge in [-0.1, -0.05) is 48.6 Å². The van der Waals surface area contributed by atoms with Crippen molar-refractivity contribution in [1.29, 1.82) is 0 Å². The average molecular weight is 933 g/mol. The third-order valence-corrected chi connectivity index (χ3v) is 13.4. The molecule has 0 radical (unpaired) electrons. The normalized spacial score (nSPS) is 14.7. The fraction of sp³-hybridized carbons (Fsp3) is 0.264. The van der Waals surface area contributed by atoms with Crippen molar-refractivity contribution in [3.63, 3.8) is 0 Å².